The third-order valence-electron chi connectivity index (χ3n) is 2.61. The van der Waals surface area contributed by atoms with Crippen molar-refractivity contribution in [1.29, 1.82) is 0 Å². The van der Waals surface area contributed by atoms with Crippen LogP contribution in [-0.2, 0) is 0 Å². The highest BCUT2D eigenvalue weighted by Gasteiger charge is 2.43. The van der Waals surface area contributed by atoms with Gasteiger partial charge in [0.1, 0.15) is 5.82 Å². The molecule has 2 rings (SSSR count). The van der Waals surface area contributed by atoms with Crippen LogP contribution in [0.3, 0.4) is 0 Å². The van der Waals surface area contributed by atoms with E-state index >= 15 is 0 Å². The zero-order chi connectivity index (χ0) is 10.9. The SMILES string of the molecule is O=C(NC1(CCl)CC1)c1ccccc1F. The molecule has 0 unspecified atom stereocenters. The van der Waals surface area contributed by atoms with Crippen molar-refractivity contribution < 1.29 is 9.18 Å². The van der Waals surface area contributed by atoms with Crippen molar-refractivity contribution in [2.24, 2.45) is 0 Å². The van der Waals surface area contributed by atoms with Crippen LogP contribution in [0.25, 0.3) is 0 Å². The predicted octanol–water partition coefficient (Wildman–Crippen LogP) is 2.33. The van der Waals surface area contributed by atoms with E-state index in [0.717, 1.165) is 12.8 Å². The molecule has 2 nitrogen and oxygen atoms in total. The minimum Gasteiger partial charge on any atom is -0.345 e. The molecule has 0 atom stereocenters. The number of carbonyl (C=O) groups excluding carboxylic acids is 1. The van der Waals surface area contributed by atoms with E-state index < -0.39 is 5.82 Å². The molecule has 1 saturated carbocycles. The van der Waals surface area contributed by atoms with Gasteiger partial charge in [0, 0.05) is 5.88 Å². The van der Waals surface area contributed by atoms with Crippen LogP contribution >= 0.6 is 11.6 Å². The maximum atomic E-state index is 13.2. The van der Waals surface area contributed by atoms with Gasteiger partial charge in [0.2, 0.25) is 0 Å². The van der Waals surface area contributed by atoms with Crippen molar-refractivity contribution in [2.75, 3.05) is 5.88 Å². The molecule has 0 aromatic heterocycles. The third kappa shape index (κ3) is 2.12. The number of hydrogen-bond acceptors (Lipinski definition) is 1. The predicted molar refractivity (Wildman–Crippen MR) is 56.6 cm³/mol. The van der Waals surface area contributed by atoms with Gasteiger partial charge in [-0.25, -0.2) is 4.39 Å². The molecular weight excluding hydrogens is 217 g/mol. The zero-order valence-electron chi connectivity index (χ0n) is 8.09. The number of halogens is 2. The maximum Gasteiger partial charge on any atom is 0.254 e. The topological polar surface area (TPSA) is 29.1 Å². The standard InChI is InChI=1S/C11H11ClFNO/c12-7-11(5-6-11)14-10(15)8-3-1-2-4-9(8)13/h1-4H,5-7H2,(H,14,15). The van der Waals surface area contributed by atoms with Gasteiger partial charge in [0.05, 0.1) is 11.1 Å². The Morgan fingerprint density at radius 3 is 2.67 bits per heavy atom. The van der Waals surface area contributed by atoms with E-state index in [4.69, 9.17) is 11.6 Å². The quantitative estimate of drug-likeness (QED) is 0.789. The molecule has 0 bridgehead atoms. The first-order valence-corrected chi connectivity index (χ1v) is 5.33. The fourth-order valence-corrected chi connectivity index (χ4v) is 1.73. The van der Waals surface area contributed by atoms with E-state index in [1.165, 1.54) is 12.1 Å². The van der Waals surface area contributed by atoms with Crippen LogP contribution < -0.4 is 5.32 Å². The Kier molecular flexibility index (Phi) is 2.65. The van der Waals surface area contributed by atoms with Crippen molar-refractivity contribution >= 4 is 17.5 Å². The van der Waals surface area contributed by atoms with Gasteiger partial charge in [-0.2, -0.15) is 0 Å². The summed E-state index contributed by atoms with van der Waals surface area (Å²) in [6.45, 7) is 0. The molecule has 15 heavy (non-hydrogen) atoms. The molecule has 0 heterocycles. The van der Waals surface area contributed by atoms with Crippen LogP contribution in [0.4, 0.5) is 4.39 Å². The Morgan fingerprint density at radius 1 is 1.47 bits per heavy atom. The van der Waals surface area contributed by atoms with E-state index in [0.29, 0.717) is 5.88 Å². The number of hydrogen-bond donors (Lipinski definition) is 1. The minimum absolute atomic E-state index is 0.0777. The molecule has 1 aliphatic carbocycles. The Hall–Kier alpha value is -1.09. The Bertz CT molecular complexity index is 390. The summed E-state index contributed by atoms with van der Waals surface area (Å²) < 4.78 is 13.2. The summed E-state index contributed by atoms with van der Waals surface area (Å²) in [5.74, 6) is -0.501. The third-order valence-corrected chi connectivity index (χ3v) is 3.12. The lowest BCUT2D eigenvalue weighted by Gasteiger charge is -2.13. The van der Waals surface area contributed by atoms with Gasteiger partial charge in [-0.3, -0.25) is 4.79 Å². The molecule has 0 saturated heterocycles. The molecule has 0 spiro atoms. The second-order valence-corrected chi connectivity index (χ2v) is 4.12. The van der Waals surface area contributed by atoms with E-state index in [1.54, 1.807) is 12.1 Å². The van der Waals surface area contributed by atoms with E-state index in [-0.39, 0.29) is 17.0 Å². The highest BCUT2D eigenvalue weighted by molar-refractivity contribution is 6.19. The molecule has 1 amide bonds. The number of benzene rings is 1. The Labute approximate surface area is 92.4 Å². The van der Waals surface area contributed by atoms with Crippen LogP contribution in [0.5, 0.6) is 0 Å². The summed E-state index contributed by atoms with van der Waals surface area (Å²) in [7, 11) is 0. The Morgan fingerprint density at radius 2 is 2.13 bits per heavy atom. The first kappa shape index (κ1) is 10.4. The summed E-state index contributed by atoms with van der Waals surface area (Å²) in [5, 5.41) is 2.76. The van der Waals surface area contributed by atoms with Gasteiger partial charge >= 0.3 is 0 Å². The van der Waals surface area contributed by atoms with Crippen LogP contribution in [0.15, 0.2) is 24.3 Å². The number of alkyl halides is 1. The highest BCUT2D eigenvalue weighted by Crippen LogP contribution is 2.36. The first-order valence-electron chi connectivity index (χ1n) is 4.80. The Balaban J connectivity index is 2.12. The average Bonchev–Trinajstić information content (AvgIpc) is 2.99. The highest BCUT2D eigenvalue weighted by atomic mass is 35.5. The lowest BCUT2D eigenvalue weighted by atomic mass is 10.2. The number of carbonyl (C=O) groups is 1. The van der Waals surface area contributed by atoms with Crippen molar-refractivity contribution in [3.8, 4) is 0 Å². The van der Waals surface area contributed by atoms with Crippen molar-refractivity contribution in [2.45, 2.75) is 18.4 Å². The van der Waals surface area contributed by atoms with Gasteiger partial charge < -0.3 is 5.32 Å². The summed E-state index contributed by atoms with van der Waals surface area (Å²) >= 11 is 5.72. The van der Waals surface area contributed by atoms with Crippen molar-refractivity contribution in [1.82, 2.24) is 5.32 Å². The average molecular weight is 228 g/mol. The largest absolute Gasteiger partial charge is 0.345 e. The van der Waals surface area contributed by atoms with E-state index in [2.05, 4.69) is 5.32 Å². The van der Waals surface area contributed by atoms with Crippen LogP contribution in [0.2, 0.25) is 0 Å². The van der Waals surface area contributed by atoms with Gasteiger partial charge in [0.15, 0.2) is 0 Å². The van der Waals surface area contributed by atoms with E-state index in [1.807, 2.05) is 0 Å². The molecule has 1 N–H and O–H groups in total. The van der Waals surface area contributed by atoms with Gasteiger partial charge in [-0.1, -0.05) is 12.1 Å². The number of rotatable bonds is 3. The molecule has 1 fully saturated rings. The maximum absolute atomic E-state index is 13.2. The molecule has 1 aliphatic rings. The van der Waals surface area contributed by atoms with Crippen LogP contribution in [0, 0.1) is 5.82 Å². The minimum atomic E-state index is -0.500. The zero-order valence-corrected chi connectivity index (χ0v) is 8.85. The number of amides is 1. The van der Waals surface area contributed by atoms with Crippen LogP contribution in [0.1, 0.15) is 23.2 Å². The lowest BCUT2D eigenvalue weighted by Crippen LogP contribution is -2.38. The molecular formula is C11H11ClFNO. The fraction of sp³-hybridized carbons (Fsp3) is 0.364. The summed E-state index contributed by atoms with van der Waals surface area (Å²) in [6, 6.07) is 5.93. The molecule has 80 valence electrons. The number of nitrogens with one attached hydrogen (secondary N) is 1. The second-order valence-electron chi connectivity index (χ2n) is 3.85. The summed E-state index contributed by atoms with van der Waals surface area (Å²) in [6.07, 6.45) is 1.74. The molecule has 4 heteroatoms. The first-order chi connectivity index (χ1) is 7.17. The molecule has 1 aromatic rings. The molecule has 0 aliphatic heterocycles. The smallest absolute Gasteiger partial charge is 0.254 e. The van der Waals surface area contributed by atoms with Gasteiger partial charge in [0.25, 0.3) is 5.91 Å². The normalized spacial score (nSPS) is 17.2. The van der Waals surface area contributed by atoms with E-state index in [9.17, 15) is 9.18 Å². The van der Waals surface area contributed by atoms with Gasteiger partial charge in [-0.15, -0.1) is 11.6 Å². The van der Waals surface area contributed by atoms with Crippen molar-refractivity contribution in [3.63, 3.8) is 0 Å². The molecule has 0 radical (unpaired) electrons. The second kappa shape index (κ2) is 3.81. The van der Waals surface area contributed by atoms with Crippen molar-refractivity contribution in [3.05, 3.63) is 35.6 Å². The van der Waals surface area contributed by atoms with Crippen LogP contribution in [-0.4, -0.2) is 17.3 Å². The summed E-state index contributed by atoms with van der Waals surface area (Å²) in [4.78, 5) is 11.7. The fourth-order valence-electron chi connectivity index (χ4n) is 1.40. The molecule has 1 aromatic carbocycles. The lowest BCUT2D eigenvalue weighted by molar-refractivity contribution is 0.0932. The van der Waals surface area contributed by atoms with Gasteiger partial charge in [-0.05, 0) is 25.0 Å². The summed E-state index contributed by atoms with van der Waals surface area (Å²) in [5.41, 5.74) is -0.213. The monoisotopic (exact) mass is 227 g/mol.